The van der Waals surface area contributed by atoms with Crippen molar-refractivity contribution in [3.63, 3.8) is 0 Å². The molecule has 2 rings (SSSR count). The van der Waals surface area contributed by atoms with Gasteiger partial charge in [-0.15, -0.1) is 0 Å². The van der Waals surface area contributed by atoms with E-state index in [-0.39, 0.29) is 5.54 Å². The van der Waals surface area contributed by atoms with Gasteiger partial charge in [-0.2, -0.15) is 0 Å². The third-order valence-electron chi connectivity index (χ3n) is 2.65. The van der Waals surface area contributed by atoms with Gasteiger partial charge < -0.3 is 10.1 Å². The van der Waals surface area contributed by atoms with Gasteiger partial charge in [-0.25, -0.2) is 0 Å². The van der Waals surface area contributed by atoms with Crippen LogP contribution in [0.2, 0.25) is 0 Å². The number of nitrogens with one attached hydrogen (secondary N) is 1. The van der Waals surface area contributed by atoms with E-state index in [1.807, 2.05) is 18.2 Å². The zero-order valence-electron chi connectivity index (χ0n) is 12.4. The highest BCUT2D eigenvalue weighted by atomic mass is 32.2. The summed E-state index contributed by atoms with van der Waals surface area (Å²) in [5.74, 6) is 0.890. The zero-order chi connectivity index (χ0) is 14.6. The Morgan fingerprint density at radius 3 is 2.25 bits per heavy atom. The second kappa shape index (κ2) is 6.23. The minimum atomic E-state index is 0.0848. The van der Waals surface area contributed by atoms with Crippen LogP contribution in [0.25, 0.3) is 0 Å². The fraction of sp³-hybridized carbons (Fsp3) is 0.294. The van der Waals surface area contributed by atoms with Gasteiger partial charge in [0, 0.05) is 21.0 Å². The van der Waals surface area contributed by atoms with Gasteiger partial charge in [0.15, 0.2) is 0 Å². The molecule has 1 N–H and O–H groups in total. The van der Waals surface area contributed by atoms with E-state index in [0.29, 0.717) is 0 Å². The van der Waals surface area contributed by atoms with Crippen LogP contribution in [0.3, 0.4) is 0 Å². The van der Waals surface area contributed by atoms with Crippen molar-refractivity contribution in [2.75, 3.05) is 12.4 Å². The molecule has 0 aromatic heterocycles. The monoisotopic (exact) mass is 287 g/mol. The van der Waals surface area contributed by atoms with Crippen molar-refractivity contribution < 1.29 is 4.74 Å². The van der Waals surface area contributed by atoms with Gasteiger partial charge in [0.05, 0.1) is 7.11 Å². The summed E-state index contributed by atoms with van der Waals surface area (Å²) in [6, 6.07) is 16.6. The summed E-state index contributed by atoms with van der Waals surface area (Å²) in [6.07, 6.45) is 0. The summed E-state index contributed by atoms with van der Waals surface area (Å²) in [6.45, 7) is 6.48. The van der Waals surface area contributed by atoms with E-state index in [0.717, 1.165) is 11.4 Å². The molecule has 106 valence electrons. The molecule has 2 aromatic carbocycles. The molecule has 0 atom stereocenters. The third kappa shape index (κ3) is 4.49. The van der Waals surface area contributed by atoms with Gasteiger partial charge in [0.25, 0.3) is 0 Å². The van der Waals surface area contributed by atoms with Crippen molar-refractivity contribution in [2.45, 2.75) is 36.1 Å². The molecular weight excluding hydrogens is 266 g/mol. The molecule has 0 aliphatic heterocycles. The summed E-state index contributed by atoms with van der Waals surface area (Å²) >= 11 is 1.74. The van der Waals surface area contributed by atoms with Crippen LogP contribution in [-0.4, -0.2) is 12.6 Å². The number of anilines is 1. The third-order valence-corrected chi connectivity index (χ3v) is 3.65. The van der Waals surface area contributed by atoms with Crippen molar-refractivity contribution in [2.24, 2.45) is 0 Å². The molecule has 0 bridgehead atoms. The predicted octanol–water partition coefficient (Wildman–Crippen LogP) is 5.06. The molecule has 0 amide bonds. The smallest absolute Gasteiger partial charge is 0.119 e. The number of hydrogen-bond donors (Lipinski definition) is 1. The number of benzene rings is 2. The van der Waals surface area contributed by atoms with Crippen molar-refractivity contribution in [1.82, 2.24) is 0 Å². The standard InChI is InChI=1S/C17H21NOS/c1-17(2,3)18-13-8-10-15(11-9-13)20-16-7-5-6-14(12-16)19-4/h5-12,18H,1-4H3. The first-order chi connectivity index (χ1) is 9.46. The normalized spacial score (nSPS) is 11.2. The SMILES string of the molecule is COc1cccc(Sc2ccc(NC(C)(C)C)cc2)c1. The van der Waals surface area contributed by atoms with E-state index < -0.39 is 0 Å². The Morgan fingerprint density at radius 1 is 0.950 bits per heavy atom. The average molecular weight is 287 g/mol. The average Bonchev–Trinajstić information content (AvgIpc) is 2.40. The molecule has 0 heterocycles. The Hall–Kier alpha value is -1.61. The van der Waals surface area contributed by atoms with Crippen LogP contribution < -0.4 is 10.1 Å². The molecule has 3 heteroatoms. The maximum absolute atomic E-state index is 5.24. The van der Waals surface area contributed by atoms with Gasteiger partial charge in [0.1, 0.15) is 5.75 Å². The van der Waals surface area contributed by atoms with Crippen molar-refractivity contribution in [1.29, 1.82) is 0 Å². The van der Waals surface area contributed by atoms with Crippen LogP contribution in [0.4, 0.5) is 5.69 Å². The van der Waals surface area contributed by atoms with Crippen molar-refractivity contribution >= 4 is 17.4 Å². The van der Waals surface area contributed by atoms with Gasteiger partial charge in [-0.3, -0.25) is 0 Å². The molecule has 0 aliphatic carbocycles. The van der Waals surface area contributed by atoms with E-state index in [2.05, 4.69) is 56.4 Å². The lowest BCUT2D eigenvalue weighted by Crippen LogP contribution is -2.25. The molecule has 0 saturated heterocycles. The van der Waals surface area contributed by atoms with E-state index in [1.165, 1.54) is 9.79 Å². The molecule has 0 aliphatic rings. The Balaban J connectivity index is 2.06. The fourth-order valence-corrected chi connectivity index (χ4v) is 2.71. The minimum absolute atomic E-state index is 0.0848. The molecule has 0 fully saturated rings. The summed E-state index contributed by atoms with van der Waals surface area (Å²) in [4.78, 5) is 2.40. The van der Waals surface area contributed by atoms with Crippen LogP contribution in [0.15, 0.2) is 58.3 Å². The number of ether oxygens (including phenoxy) is 1. The largest absolute Gasteiger partial charge is 0.497 e. The van der Waals surface area contributed by atoms with E-state index in [4.69, 9.17) is 4.74 Å². The molecular formula is C17H21NOS. The summed E-state index contributed by atoms with van der Waals surface area (Å²) < 4.78 is 5.24. The Morgan fingerprint density at radius 2 is 1.65 bits per heavy atom. The van der Waals surface area contributed by atoms with E-state index in [9.17, 15) is 0 Å². The topological polar surface area (TPSA) is 21.3 Å². The summed E-state index contributed by atoms with van der Waals surface area (Å²) in [5, 5.41) is 3.46. The van der Waals surface area contributed by atoms with Crippen LogP contribution in [0, 0.1) is 0 Å². The van der Waals surface area contributed by atoms with Crippen LogP contribution >= 0.6 is 11.8 Å². The van der Waals surface area contributed by atoms with Crippen molar-refractivity contribution in [3.8, 4) is 5.75 Å². The Bertz CT molecular complexity index is 558. The Kier molecular flexibility index (Phi) is 4.61. The second-order valence-corrected chi connectivity index (χ2v) is 6.83. The molecule has 2 aromatic rings. The first-order valence-electron chi connectivity index (χ1n) is 6.66. The van der Waals surface area contributed by atoms with Crippen molar-refractivity contribution in [3.05, 3.63) is 48.5 Å². The number of rotatable bonds is 4. The first kappa shape index (κ1) is 14.8. The summed E-state index contributed by atoms with van der Waals surface area (Å²) in [5.41, 5.74) is 1.23. The lowest BCUT2D eigenvalue weighted by Gasteiger charge is -2.22. The highest BCUT2D eigenvalue weighted by Crippen LogP contribution is 2.31. The van der Waals surface area contributed by atoms with Gasteiger partial charge in [-0.1, -0.05) is 17.8 Å². The lowest BCUT2D eigenvalue weighted by molar-refractivity contribution is 0.413. The summed E-state index contributed by atoms with van der Waals surface area (Å²) in [7, 11) is 1.69. The molecule has 0 spiro atoms. The molecule has 2 nitrogen and oxygen atoms in total. The quantitative estimate of drug-likeness (QED) is 0.849. The van der Waals surface area contributed by atoms with Gasteiger partial charge in [0.2, 0.25) is 0 Å². The first-order valence-corrected chi connectivity index (χ1v) is 7.48. The minimum Gasteiger partial charge on any atom is -0.497 e. The maximum atomic E-state index is 5.24. The van der Waals surface area contributed by atoms with E-state index in [1.54, 1.807) is 18.9 Å². The van der Waals surface area contributed by atoms with Gasteiger partial charge in [-0.05, 0) is 63.2 Å². The van der Waals surface area contributed by atoms with E-state index >= 15 is 0 Å². The predicted molar refractivity (Wildman–Crippen MR) is 86.9 cm³/mol. The fourth-order valence-electron chi connectivity index (χ4n) is 1.84. The highest BCUT2D eigenvalue weighted by Gasteiger charge is 2.08. The molecule has 0 unspecified atom stereocenters. The van der Waals surface area contributed by atoms with Crippen LogP contribution in [0.5, 0.6) is 5.75 Å². The Labute approximate surface area is 125 Å². The molecule has 0 saturated carbocycles. The molecule has 0 radical (unpaired) electrons. The second-order valence-electron chi connectivity index (χ2n) is 5.68. The maximum Gasteiger partial charge on any atom is 0.119 e. The highest BCUT2D eigenvalue weighted by molar-refractivity contribution is 7.99. The lowest BCUT2D eigenvalue weighted by atomic mass is 10.1. The van der Waals surface area contributed by atoms with Crippen LogP contribution in [0.1, 0.15) is 20.8 Å². The number of hydrogen-bond acceptors (Lipinski definition) is 3. The zero-order valence-corrected chi connectivity index (χ0v) is 13.3. The van der Waals surface area contributed by atoms with Gasteiger partial charge >= 0.3 is 0 Å². The van der Waals surface area contributed by atoms with Crippen LogP contribution in [-0.2, 0) is 0 Å². The number of methoxy groups -OCH3 is 1. The molecule has 20 heavy (non-hydrogen) atoms.